The number of ether oxygens (including phenoxy) is 1. The molecule has 1 amide bonds. The Bertz CT molecular complexity index is 224. The van der Waals surface area contributed by atoms with Crippen LogP contribution in [0.1, 0.15) is 48.0 Å². The highest BCUT2D eigenvalue weighted by Gasteiger charge is 2.16. The van der Waals surface area contributed by atoms with Gasteiger partial charge in [-0.2, -0.15) is 0 Å². The molecule has 0 bridgehead atoms. The van der Waals surface area contributed by atoms with E-state index in [1.54, 1.807) is 0 Å². The van der Waals surface area contributed by atoms with Crippen LogP contribution in [0.5, 0.6) is 0 Å². The molecule has 2 atom stereocenters. The third kappa shape index (κ3) is 10.1. The van der Waals surface area contributed by atoms with E-state index in [1.807, 2.05) is 20.8 Å². The van der Waals surface area contributed by atoms with E-state index in [2.05, 4.69) is 31.4 Å². The smallest absolute Gasteiger partial charge is 0.407 e. The Kier molecular flexibility index (Phi) is 7.19. The molecule has 0 aliphatic carbocycles. The van der Waals surface area contributed by atoms with Crippen molar-refractivity contribution in [1.29, 1.82) is 0 Å². The molecular weight excluding hydrogens is 216 g/mol. The molecule has 0 aromatic carbocycles. The van der Waals surface area contributed by atoms with Crippen LogP contribution in [0.25, 0.3) is 0 Å². The summed E-state index contributed by atoms with van der Waals surface area (Å²) >= 11 is 0. The van der Waals surface area contributed by atoms with Crippen molar-refractivity contribution in [2.24, 2.45) is 5.92 Å². The maximum atomic E-state index is 11.4. The van der Waals surface area contributed by atoms with Gasteiger partial charge in [0.15, 0.2) is 0 Å². The zero-order chi connectivity index (χ0) is 13.5. The lowest BCUT2D eigenvalue weighted by atomic mass is 10.1. The lowest BCUT2D eigenvalue weighted by Gasteiger charge is -2.21. The summed E-state index contributed by atoms with van der Waals surface area (Å²) in [6.45, 7) is 13.6. The largest absolute Gasteiger partial charge is 0.444 e. The Morgan fingerprint density at radius 3 is 2.29 bits per heavy atom. The van der Waals surface area contributed by atoms with Crippen molar-refractivity contribution in [1.82, 2.24) is 10.6 Å². The number of hydrogen-bond donors (Lipinski definition) is 2. The summed E-state index contributed by atoms with van der Waals surface area (Å²) in [6.07, 6.45) is 0.814. The molecule has 0 saturated carbocycles. The molecule has 0 aliphatic rings. The third-order valence-electron chi connectivity index (χ3n) is 2.46. The summed E-state index contributed by atoms with van der Waals surface area (Å²) in [4.78, 5) is 11.4. The molecular formula is C13H28N2O2. The number of hydrogen-bond acceptors (Lipinski definition) is 3. The molecule has 4 heteroatoms. The van der Waals surface area contributed by atoms with E-state index in [1.165, 1.54) is 6.42 Å². The molecule has 0 rings (SSSR count). The second-order valence-electron chi connectivity index (χ2n) is 5.71. The van der Waals surface area contributed by atoms with E-state index < -0.39 is 5.60 Å². The van der Waals surface area contributed by atoms with Gasteiger partial charge in [-0.05, 0) is 40.2 Å². The molecule has 4 nitrogen and oxygen atoms in total. The highest BCUT2D eigenvalue weighted by Crippen LogP contribution is 2.06. The van der Waals surface area contributed by atoms with Gasteiger partial charge >= 0.3 is 6.09 Å². The maximum Gasteiger partial charge on any atom is 0.407 e. The molecule has 0 aromatic rings. The standard InChI is InChI=1S/C13H28N2O2/c1-7-10(2)8-14-11(3)9-15-12(16)17-13(4,5)6/h10-11,14H,7-9H2,1-6H3,(H,15,16). The van der Waals surface area contributed by atoms with Crippen molar-refractivity contribution in [3.8, 4) is 0 Å². The Morgan fingerprint density at radius 2 is 1.82 bits per heavy atom. The van der Waals surface area contributed by atoms with E-state index in [0.717, 1.165) is 6.54 Å². The SMILES string of the molecule is CCC(C)CNC(C)CNC(=O)OC(C)(C)C. The van der Waals surface area contributed by atoms with E-state index in [0.29, 0.717) is 12.5 Å². The molecule has 0 fully saturated rings. The second kappa shape index (κ2) is 7.54. The quantitative estimate of drug-likeness (QED) is 0.755. The first-order valence-electron chi connectivity index (χ1n) is 6.44. The van der Waals surface area contributed by atoms with Crippen LogP contribution in [0.2, 0.25) is 0 Å². The number of rotatable bonds is 6. The van der Waals surface area contributed by atoms with Gasteiger partial charge in [-0.1, -0.05) is 20.3 Å². The molecule has 2 unspecified atom stereocenters. The van der Waals surface area contributed by atoms with Crippen molar-refractivity contribution in [2.45, 2.75) is 59.6 Å². The Morgan fingerprint density at radius 1 is 1.24 bits per heavy atom. The van der Waals surface area contributed by atoms with Crippen LogP contribution < -0.4 is 10.6 Å². The number of nitrogens with one attached hydrogen (secondary N) is 2. The van der Waals surface area contributed by atoms with Gasteiger partial charge in [-0.25, -0.2) is 4.79 Å². The first kappa shape index (κ1) is 16.2. The third-order valence-corrected chi connectivity index (χ3v) is 2.46. The Labute approximate surface area is 105 Å². The van der Waals surface area contributed by atoms with Gasteiger partial charge in [0, 0.05) is 12.6 Å². The molecule has 102 valence electrons. The Balaban J connectivity index is 3.69. The molecule has 0 radical (unpaired) electrons. The summed E-state index contributed by atoms with van der Waals surface area (Å²) in [5, 5.41) is 6.14. The zero-order valence-corrected chi connectivity index (χ0v) is 12.1. The Hall–Kier alpha value is -0.770. The minimum absolute atomic E-state index is 0.261. The number of carbonyl (C=O) groups excluding carboxylic acids is 1. The molecule has 0 aromatic heterocycles. The first-order chi connectivity index (χ1) is 7.74. The molecule has 0 aliphatic heterocycles. The van der Waals surface area contributed by atoms with Crippen molar-refractivity contribution in [2.75, 3.05) is 13.1 Å². The van der Waals surface area contributed by atoms with Crippen LogP contribution in [0.15, 0.2) is 0 Å². The lowest BCUT2D eigenvalue weighted by molar-refractivity contribution is 0.0523. The van der Waals surface area contributed by atoms with Gasteiger partial charge in [0.25, 0.3) is 0 Å². The second-order valence-corrected chi connectivity index (χ2v) is 5.71. The molecule has 0 spiro atoms. The highest BCUT2D eigenvalue weighted by molar-refractivity contribution is 5.67. The van der Waals surface area contributed by atoms with E-state index in [4.69, 9.17) is 4.74 Å². The van der Waals surface area contributed by atoms with Crippen molar-refractivity contribution >= 4 is 6.09 Å². The average molecular weight is 244 g/mol. The van der Waals surface area contributed by atoms with Crippen LogP contribution in [0, 0.1) is 5.92 Å². The topological polar surface area (TPSA) is 50.4 Å². The minimum atomic E-state index is -0.433. The van der Waals surface area contributed by atoms with E-state index in [9.17, 15) is 4.79 Å². The molecule has 17 heavy (non-hydrogen) atoms. The van der Waals surface area contributed by atoms with Crippen molar-refractivity contribution in [3.05, 3.63) is 0 Å². The fraction of sp³-hybridized carbons (Fsp3) is 0.923. The summed E-state index contributed by atoms with van der Waals surface area (Å²) in [5.41, 5.74) is -0.433. The van der Waals surface area contributed by atoms with Gasteiger partial charge in [-0.3, -0.25) is 0 Å². The summed E-state index contributed by atoms with van der Waals surface area (Å²) in [5.74, 6) is 0.666. The number of alkyl carbamates (subject to hydrolysis) is 1. The summed E-state index contributed by atoms with van der Waals surface area (Å²) < 4.78 is 5.16. The van der Waals surface area contributed by atoms with Crippen LogP contribution in [0.4, 0.5) is 4.79 Å². The van der Waals surface area contributed by atoms with Gasteiger partial charge in [0.1, 0.15) is 5.60 Å². The fourth-order valence-corrected chi connectivity index (χ4v) is 1.17. The monoisotopic (exact) mass is 244 g/mol. The molecule has 2 N–H and O–H groups in total. The van der Waals surface area contributed by atoms with Crippen molar-refractivity contribution in [3.63, 3.8) is 0 Å². The molecule has 0 saturated heterocycles. The number of carbonyl (C=O) groups is 1. The summed E-state index contributed by atoms with van der Waals surface area (Å²) in [6, 6.07) is 0.261. The fourth-order valence-electron chi connectivity index (χ4n) is 1.17. The highest BCUT2D eigenvalue weighted by atomic mass is 16.6. The van der Waals surface area contributed by atoms with Crippen molar-refractivity contribution < 1.29 is 9.53 Å². The maximum absolute atomic E-state index is 11.4. The average Bonchev–Trinajstić information content (AvgIpc) is 2.20. The van der Waals surface area contributed by atoms with Gasteiger partial charge < -0.3 is 15.4 Å². The predicted octanol–water partition coefficient (Wildman–Crippen LogP) is 2.54. The van der Waals surface area contributed by atoms with Crippen LogP contribution >= 0.6 is 0 Å². The predicted molar refractivity (Wildman–Crippen MR) is 71.2 cm³/mol. The first-order valence-corrected chi connectivity index (χ1v) is 6.44. The van der Waals surface area contributed by atoms with Gasteiger partial charge in [0.2, 0.25) is 0 Å². The van der Waals surface area contributed by atoms with Crippen LogP contribution in [0.3, 0.4) is 0 Å². The minimum Gasteiger partial charge on any atom is -0.444 e. The summed E-state index contributed by atoms with van der Waals surface area (Å²) in [7, 11) is 0. The lowest BCUT2D eigenvalue weighted by Crippen LogP contribution is -2.42. The zero-order valence-electron chi connectivity index (χ0n) is 12.1. The van der Waals surface area contributed by atoms with Gasteiger partial charge in [0.05, 0.1) is 0 Å². The number of amides is 1. The normalized spacial score (nSPS) is 15.2. The van der Waals surface area contributed by atoms with Gasteiger partial charge in [-0.15, -0.1) is 0 Å². The van der Waals surface area contributed by atoms with E-state index >= 15 is 0 Å². The van der Waals surface area contributed by atoms with Crippen LogP contribution in [-0.4, -0.2) is 30.8 Å². The van der Waals surface area contributed by atoms with Crippen LogP contribution in [-0.2, 0) is 4.74 Å². The molecule has 0 heterocycles. The van der Waals surface area contributed by atoms with E-state index in [-0.39, 0.29) is 12.1 Å².